The minimum atomic E-state index is -0.146. The number of rotatable bonds is 3. The average molecular weight is 469 g/mol. The van der Waals surface area contributed by atoms with Gasteiger partial charge in [-0.3, -0.25) is 9.59 Å². The van der Waals surface area contributed by atoms with Crippen LogP contribution in [0.25, 0.3) is 20.8 Å². The predicted octanol–water partition coefficient (Wildman–Crippen LogP) is 5.26. The van der Waals surface area contributed by atoms with Crippen LogP contribution in [0.3, 0.4) is 0 Å². The van der Waals surface area contributed by atoms with E-state index in [1.54, 1.807) is 29.6 Å². The van der Waals surface area contributed by atoms with Gasteiger partial charge in [-0.15, -0.1) is 34.0 Å². The molecule has 0 fully saturated rings. The van der Waals surface area contributed by atoms with Gasteiger partial charge in [-0.05, 0) is 38.0 Å². The van der Waals surface area contributed by atoms with Gasteiger partial charge in [0.2, 0.25) is 5.91 Å². The summed E-state index contributed by atoms with van der Waals surface area (Å²) >= 11 is 4.58. The van der Waals surface area contributed by atoms with Gasteiger partial charge in [0.25, 0.3) is 5.91 Å². The number of carbonyl (C=O) groups is 2. The summed E-state index contributed by atoms with van der Waals surface area (Å²) in [6.45, 7) is 6.61. The Kier molecular flexibility index (Phi) is 5.11. The summed E-state index contributed by atoms with van der Waals surface area (Å²) in [4.78, 5) is 37.9. The van der Waals surface area contributed by atoms with Crippen molar-refractivity contribution in [2.75, 3.05) is 11.9 Å². The summed E-state index contributed by atoms with van der Waals surface area (Å²) in [6.07, 6.45) is 0.755. The van der Waals surface area contributed by atoms with Crippen molar-refractivity contribution in [2.45, 2.75) is 33.7 Å². The number of nitrogens with zero attached hydrogens (tertiary/aromatic N) is 3. The minimum absolute atomic E-state index is 0.0712. The smallest absolute Gasteiger partial charge is 0.268 e. The normalized spacial score (nSPS) is 13.5. The highest BCUT2D eigenvalue weighted by atomic mass is 32.1. The molecule has 1 aromatic carbocycles. The molecular formula is C22H20N4O2S3. The van der Waals surface area contributed by atoms with E-state index >= 15 is 0 Å². The standard InChI is InChI=1S/C22H20N4O2S3/c1-11-19(29-12(2)23-11)20(28)25-22-18(21-24-15-6-4-5-7-16(15)30-21)14-8-9-26(13(3)27)10-17(14)31-22/h4-7H,8-10H2,1-3H3,(H,25,28). The molecule has 0 radical (unpaired) electrons. The monoisotopic (exact) mass is 468 g/mol. The number of carbonyl (C=O) groups excluding carboxylic acids is 2. The number of thiophene rings is 1. The second kappa shape index (κ2) is 7.81. The number of nitrogens with one attached hydrogen (secondary N) is 1. The molecule has 6 nitrogen and oxygen atoms in total. The molecule has 1 aliphatic heterocycles. The predicted molar refractivity (Wildman–Crippen MR) is 127 cm³/mol. The fourth-order valence-electron chi connectivity index (χ4n) is 3.87. The molecule has 4 aromatic rings. The third kappa shape index (κ3) is 3.66. The van der Waals surface area contributed by atoms with E-state index in [1.807, 2.05) is 36.9 Å². The van der Waals surface area contributed by atoms with Crippen LogP contribution >= 0.6 is 34.0 Å². The number of aromatic nitrogens is 2. The van der Waals surface area contributed by atoms with Crippen molar-refractivity contribution in [3.63, 3.8) is 0 Å². The Hall–Kier alpha value is -2.62. The van der Waals surface area contributed by atoms with Gasteiger partial charge in [-0.1, -0.05) is 12.1 Å². The van der Waals surface area contributed by atoms with Crippen molar-refractivity contribution in [3.05, 3.63) is 50.3 Å². The number of aryl methyl sites for hydroxylation is 2. The number of hydrogen-bond acceptors (Lipinski definition) is 7. The maximum Gasteiger partial charge on any atom is 0.268 e. The largest absolute Gasteiger partial charge is 0.337 e. The first-order valence-corrected chi connectivity index (χ1v) is 12.4. The lowest BCUT2D eigenvalue weighted by Gasteiger charge is -2.26. The lowest BCUT2D eigenvalue weighted by molar-refractivity contribution is -0.129. The second-order valence-electron chi connectivity index (χ2n) is 7.49. The van der Waals surface area contributed by atoms with Crippen molar-refractivity contribution < 1.29 is 9.59 Å². The third-order valence-corrected chi connectivity index (χ3v) is 8.60. The zero-order valence-corrected chi connectivity index (χ0v) is 19.8. The van der Waals surface area contributed by atoms with E-state index in [0.717, 1.165) is 47.8 Å². The maximum atomic E-state index is 13.1. The minimum Gasteiger partial charge on any atom is -0.337 e. The Morgan fingerprint density at radius 2 is 1.90 bits per heavy atom. The third-order valence-electron chi connectivity index (χ3n) is 5.35. The molecule has 4 heterocycles. The quantitative estimate of drug-likeness (QED) is 0.445. The maximum absolute atomic E-state index is 13.1. The van der Waals surface area contributed by atoms with E-state index in [-0.39, 0.29) is 11.8 Å². The highest BCUT2D eigenvalue weighted by Crippen LogP contribution is 2.46. The molecule has 1 aliphatic rings. The van der Waals surface area contributed by atoms with E-state index in [0.29, 0.717) is 18.0 Å². The van der Waals surface area contributed by atoms with Gasteiger partial charge in [-0.2, -0.15) is 0 Å². The Labute approximate surface area is 191 Å². The Morgan fingerprint density at radius 3 is 2.61 bits per heavy atom. The van der Waals surface area contributed by atoms with E-state index in [2.05, 4.69) is 16.4 Å². The number of anilines is 1. The highest BCUT2D eigenvalue weighted by molar-refractivity contribution is 7.23. The number of benzene rings is 1. The summed E-state index contributed by atoms with van der Waals surface area (Å²) in [5, 5.41) is 5.71. The zero-order chi connectivity index (χ0) is 21.7. The van der Waals surface area contributed by atoms with Crippen molar-refractivity contribution in [1.82, 2.24) is 14.9 Å². The Bertz CT molecular complexity index is 1300. The second-order valence-corrected chi connectivity index (χ2v) is 10.8. The topological polar surface area (TPSA) is 75.2 Å². The molecule has 9 heteroatoms. The highest BCUT2D eigenvalue weighted by Gasteiger charge is 2.29. The molecule has 0 saturated heterocycles. The molecule has 0 atom stereocenters. The molecule has 3 aromatic heterocycles. The Balaban J connectivity index is 1.60. The molecule has 5 rings (SSSR count). The van der Waals surface area contributed by atoms with Crippen molar-refractivity contribution in [1.29, 1.82) is 0 Å². The first-order chi connectivity index (χ1) is 14.9. The number of para-hydroxylation sites is 1. The fraction of sp³-hybridized carbons (Fsp3) is 0.273. The Morgan fingerprint density at radius 1 is 1.10 bits per heavy atom. The number of fused-ring (bicyclic) bond motifs is 2. The van der Waals surface area contributed by atoms with Crippen molar-refractivity contribution >= 4 is 61.0 Å². The first kappa shape index (κ1) is 20.3. The molecule has 0 aliphatic carbocycles. The molecule has 158 valence electrons. The van der Waals surface area contributed by atoms with Crippen molar-refractivity contribution in [2.24, 2.45) is 0 Å². The van der Waals surface area contributed by atoms with Crippen LogP contribution in [0.2, 0.25) is 0 Å². The van der Waals surface area contributed by atoms with Gasteiger partial charge in [0.05, 0.1) is 27.5 Å². The number of hydrogen-bond donors (Lipinski definition) is 1. The molecule has 31 heavy (non-hydrogen) atoms. The molecule has 1 N–H and O–H groups in total. The van der Waals surface area contributed by atoms with Crippen LogP contribution < -0.4 is 5.32 Å². The van der Waals surface area contributed by atoms with E-state index in [4.69, 9.17) is 4.98 Å². The molecule has 2 amide bonds. The lowest BCUT2D eigenvalue weighted by Crippen LogP contribution is -2.33. The number of thiazole rings is 2. The van der Waals surface area contributed by atoms with Gasteiger partial charge in [0.1, 0.15) is 14.9 Å². The van der Waals surface area contributed by atoms with Gasteiger partial charge < -0.3 is 10.2 Å². The van der Waals surface area contributed by atoms with Crippen LogP contribution in [0.5, 0.6) is 0 Å². The van der Waals surface area contributed by atoms with E-state index in [9.17, 15) is 9.59 Å². The van der Waals surface area contributed by atoms with Crippen LogP contribution in [0, 0.1) is 13.8 Å². The fourth-order valence-corrected chi connectivity index (χ4v) is 7.05. The summed E-state index contributed by atoms with van der Waals surface area (Å²) in [5.74, 6) is -0.0746. The molecule has 0 saturated carbocycles. The van der Waals surface area contributed by atoms with Crippen LogP contribution in [0.4, 0.5) is 5.00 Å². The molecule has 0 bridgehead atoms. The summed E-state index contributed by atoms with van der Waals surface area (Å²) in [5.41, 5.74) is 3.88. The van der Waals surface area contributed by atoms with Crippen LogP contribution in [-0.4, -0.2) is 33.2 Å². The molecule has 0 spiro atoms. The molecular weight excluding hydrogens is 448 g/mol. The van der Waals surface area contributed by atoms with Gasteiger partial charge in [0, 0.05) is 23.9 Å². The van der Waals surface area contributed by atoms with Crippen LogP contribution in [0.1, 0.15) is 37.7 Å². The summed E-state index contributed by atoms with van der Waals surface area (Å²) in [7, 11) is 0. The van der Waals surface area contributed by atoms with E-state index in [1.165, 1.54) is 16.9 Å². The zero-order valence-electron chi connectivity index (χ0n) is 17.3. The van der Waals surface area contributed by atoms with Crippen molar-refractivity contribution in [3.8, 4) is 10.6 Å². The van der Waals surface area contributed by atoms with E-state index < -0.39 is 0 Å². The summed E-state index contributed by atoms with van der Waals surface area (Å²) in [6, 6.07) is 8.06. The first-order valence-electron chi connectivity index (χ1n) is 9.92. The van der Waals surface area contributed by atoms with Gasteiger partial charge >= 0.3 is 0 Å². The lowest BCUT2D eigenvalue weighted by atomic mass is 10.0. The number of amides is 2. The van der Waals surface area contributed by atoms with Gasteiger partial charge in [0.15, 0.2) is 0 Å². The SMILES string of the molecule is CC(=O)N1CCc2c(sc(NC(=O)c3sc(C)nc3C)c2-c2nc3ccccc3s2)C1. The molecule has 0 unspecified atom stereocenters. The van der Waals surface area contributed by atoms with Crippen LogP contribution in [-0.2, 0) is 17.8 Å². The van der Waals surface area contributed by atoms with Crippen LogP contribution in [0.15, 0.2) is 24.3 Å². The summed E-state index contributed by atoms with van der Waals surface area (Å²) < 4.78 is 1.12. The van der Waals surface area contributed by atoms with Gasteiger partial charge in [-0.25, -0.2) is 9.97 Å². The average Bonchev–Trinajstić information content (AvgIpc) is 3.40.